The van der Waals surface area contributed by atoms with Gasteiger partial charge in [0.1, 0.15) is 18.1 Å². The minimum absolute atomic E-state index is 0.0918. The van der Waals surface area contributed by atoms with Crippen LogP contribution in [0.15, 0.2) is 89.0 Å². The van der Waals surface area contributed by atoms with Crippen LogP contribution in [-0.4, -0.2) is 101 Å². The first-order valence-corrected chi connectivity index (χ1v) is 25.2. The summed E-state index contributed by atoms with van der Waals surface area (Å²) in [6.45, 7) is 17.4. The number of amides is 3. The molecule has 374 valence electrons. The standard InChI is InChI=1S/C57H70N8O6/c1-11-64-48-23-22-40-30-44(48)45(52(64)43-20-14-24-58-50(43)37(6)70-10)31-57(7,8)32-71-56(69)46-21-15-25-65(62-46)55(68)47(27-38-18-13-19-39(40)26-38)61-53(66)51(34(2)3)63(9)54(67)41-28-42(29-41)59-33-60-49-35(4)16-12-17-36(49)5/h12-14,16-20,22-24,26,30,34,37,41-42,46-47,51,62H,11,15,21,25,27-29,31-32H2,1-10H3,(H,61,66)/t37-,41?,42?,46-,47-,51?/m0/s1. The summed E-state index contributed by atoms with van der Waals surface area (Å²) >= 11 is 0. The highest BCUT2D eigenvalue weighted by Crippen LogP contribution is 2.42. The van der Waals surface area contributed by atoms with Gasteiger partial charge in [-0.3, -0.25) is 29.2 Å². The van der Waals surface area contributed by atoms with Crippen LogP contribution in [0.1, 0.15) is 101 Å². The van der Waals surface area contributed by atoms with Crippen molar-refractivity contribution in [1.82, 2.24) is 30.2 Å². The van der Waals surface area contributed by atoms with Crippen molar-refractivity contribution in [3.63, 3.8) is 0 Å². The number of nitrogens with one attached hydrogen (secondary N) is 2. The van der Waals surface area contributed by atoms with Crippen LogP contribution in [0.3, 0.4) is 0 Å². The number of ether oxygens (including phenoxy) is 2. The van der Waals surface area contributed by atoms with Gasteiger partial charge in [-0.25, -0.2) is 10.4 Å². The molecule has 2 fully saturated rings. The molecule has 4 heterocycles. The molecule has 14 nitrogen and oxygen atoms in total. The van der Waals surface area contributed by atoms with Crippen LogP contribution in [0.25, 0.3) is 33.3 Å². The first-order chi connectivity index (χ1) is 34.0. The number of benzene rings is 3. The summed E-state index contributed by atoms with van der Waals surface area (Å²) < 4.78 is 14.3. The Balaban J connectivity index is 1.11. The first kappa shape index (κ1) is 50.9. The van der Waals surface area contributed by atoms with E-state index >= 15 is 0 Å². The second kappa shape index (κ2) is 21.5. The second-order valence-corrected chi connectivity index (χ2v) is 20.9. The number of carbonyl (C=O) groups is 4. The summed E-state index contributed by atoms with van der Waals surface area (Å²) in [6, 6.07) is 24.8. The molecule has 1 saturated heterocycles. The zero-order valence-electron chi connectivity index (χ0n) is 43.0. The minimum Gasteiger partial charge on any atom is -0.464 e. The molecule has 71 heavy (non-hydrogen) atoms. The van der Waals surface area contributed by atoms with Crippen LogP contribution in [0, 0.1) is 31.1 Å². The third-order valence-corrected chi connectivity index (χ3v) is 14.6. The molecule has 3 aromatic carbocycles. The number of aryl methyl sites for hydroxylation is 3. The number of cyclic esters (lactones) is 1. The molecule has 6 bridgehead atoms. The van der Waals surface area contributed by atoms with Crippen LogP contribution >= 0.6 is 0 Å². The molecule has 0 radical (unpaired) electrons. The summed E-state index contributed by atoms with van der Waals surface area (Å²) in [5.74, 6) is -1.96. The maximum Gasteiger partial charge on any atom is 0.324 e. The number of carbonyl (C=O) groups excluding carboxylic acids is 4. The Morgan fingerprint density at radius 3 is 2.46 bits per heavy atom. The maximum atomic E-state index is 14.8. The quantitative estimate of drug-likeness (QED) is 0.0980. The molecule has 2 aromatic heterocycles. The summed E-state index contributed by atoms with van der Waals surface area (Å²) in [5.41, 5.74) is 13.5. The minimum atomic E-state index is -1.03. The van der Waals surface area contributed by atoms with Gasteiger partial charge in [0.25, 0.3) is 5.91 Å². The van der Waals surface area contributed by atoms with Crippen LogP contribution in [0.4, 0.5) is 5.69 Å². The van der Waals surface area contributed by atoms with Crippen molar-refractivity contribution < 1.29 is 28.7 Å². The van der Waals surface area contributed by atoms with Gasteiger partial charge in [0.15, 0.2) is 0 Å². The second-order valence-electron chi connectivity index (χ2n) is 20.9. The number of rotatable bonds is 11. The molecule has 1 unspecified atom stereocenters. The van der Waals surface area contributed by atoms with Gasteiger partial charge in [-0.2, -0.15) is 4.99 Å². The van der Waals surface area contributed by atoms with Gasteiger partial charge in [-0.05, 0) is 123 Å². The number of nitrogens with zero attached hydrogens (tertiary/aromatic N) is 6. The zero-order valence-corrected chi connectivity index (χ0v) is 43.0. The van der Waals surface area contributed by atoms with Crippen LogP contribution < -0.4 is 10.7 Å². The number of likely N-dealkylation sites (N-methyl/N-ethyl adjacent to an activating group) is 1. The number of esters is 1. The van der Waals surface area contributed by atoms with Gasteiger partial charge in [0, 0.05) is 67.7 Å². The number of pyridine rings is 1. The molecule has 0 spiro atoms. The largest absolute Gasteiger partial charge is 0.464 e. The SMILES string of the molecule is CCn1c(-c2cccnc2[C@H](C)OC)c2c3cc(ccc31)-c1cccc(c1)C[C@H](NC(=O)C(C(C)C)N(C)C(=O)C1CC(N=C=Nc3c(C)cccc3C)C1)C(=O)N1CCC[C@H](N1)C(=O)OCC(C)(C)C2. The Kier molecular flexibility index (Phi) is 15.4. The van der Waals surface area contributed by atoms with Gasteiger partial charge < -0.3 is 24.3 Å². The van der Waals surface area contributed by atoms with Gasteiger partial charge in [-0.15, -0.1) is 0 Å². The number of hydrazine groups is 1. The number of aromatic nitrogens is 2. The molecule has 3 amide bonds. The number of para-hydroxylation sites is 1. The van der Waals surface area contributed by atoms with Crippen molar-refractivity contribution in [2.75, 3.05) is 27.3 Å². The lowest BCUT2D eigenvalue weighted by atomic mass is 9.79. The van der Waals surface area contributed by atoms with E-state index in [1.165, 1.54) is 9.91 Å². The Hall–Kier alpha value is -6.47. The smallest absolute Gasteiger partial charge is 0.324 e. The lowest BCUT2D eigenvalue weighted by Gasteiger charge is -2.39. The molecule has 3 aliphatic rings. The van der Waals surface area contributed by atoms with E-state index < -0.39 is 35.4 Å². The number of aliphatic imine (C=N–C) groups is 2. The zero-order chi connectivity index (χ0) is 50.7. The molecule has 8 rings (SSSR count). The lowest BCUT2D eigenvalue weighted by molar-refractivity contribution is -0.155. The van der Waals surface area contributed by atoms with E-state index in [1.807, 2.05) is 71.0 Å². The summed E-state index contributed by atoms with van der Waals surface area (Å²) in [7, 11) is 3.36. The summed E-state index contributed by atoms with van der Waals surface area (Å²) in [6.07, 6.45) is 4.41. The predicted octanol–water partition coefficient (Wildman–Crippen LogP) is 9.13. The number of fused-ring (bicyclic) bond motifs is 6. The van der Waals surface area contributed by atoms with Gasteiger partial charge in [-0.1, -0.05) is 76.2 Å². The van der Waals surface area contributed by atoms with E-state index in [4.69, 9.17) is 14.5 Å². The Bertz CT molecular complexity index is 2850. The van der Waals surface area contributed by atoms with Crippen LogP contribution in [0.5, 0.6) is 0 Å². The van der Waals surface area contributed by atoms with E-state index in [-0.39, 0.29) is 48.8 Å². The predicted molar refractivity (Wildman–Crippen MR) is 277 cm³/mol. The highest BCUT2D eigenvalue weighted by atomic mass is 16.5. The van der Waals surface area contributed by atoms with E-state index in [0.717, 1.165) is 66.9 Å². The lowest BCUT2D eigenvalue weighted by Crippen LogP contribution is -2.62. The molecule has 14 heteroatoms. The van der Waals surface area contributed by atoms with Crippen molar-refractivity contribution in [3.8, 4) is 22.4 Å². The Morgan fingerprint density at radius 1 is 1.01 bits per heavy atom. The number of methoxy groups -OCH3 is 1. The molecule has 1 saturated carbocycles. The molecule has 2 N–H and O–H groups in total. The average Bonchev–Trinajstić information content (AvgIpc) is 3.64. The Labute approximate surface area is 418 Å². The third-order valence-electron chi connectivity index (χ3n) is 14.6. The van der Waals surface area contributed by atoms with Crippen molar-refractivity contribution in [2.45, 2.75) is 131 Å². The molecule has 4 atom stereocenters. The van der Waals surface area contributed by atoms with E-state index in [9.17, 15) is 19.2 Å². The topological polar surface area (TPSA) is 160 Å². The normalized spacial score (nSPS) is 21.0. The van der Waals surface area contributed by atoms with Gasteiger partial charge >= 0.3 is 5.97 Å². The number of hydrogen-bond donors (Lipinski definition) is 2. The van der Waals surface area contributed by atoms with Crippen molar-refractivity contribution in [3.05, 3.63) is 107 Å². The monoisotopic (exact) mass is 963 g/mol. The fourth-order valence-electron chi connectivity index (χ4n) is 10.6. The van der Waals surface area contributed by atoms with Crippen LogP contribution in [-0.2, 0) is 48.0 Å². The fraction of sp³-hybridized carbons (Fsp3) is 0.474. The number of hydrogen-bond acceptors (Lipinski definition) is 10. The fourth-order valence-corrected chi connectivity index (χ4v) is 10.6. The van der Waals surface area contributed by atoms with Gasteiger partial charge in [0.2, 0.25) is 11.8 Å². The van der Waals surface area contributed by atoms with E-state index in [2.05, 4.69) is 88.5 Å². The van der Waals surface area contributed by atoms with Crippen molar-refractivity contribution in [1.29, 1.82) is 0 Å². The Morgan fingerprint density at radius 2 is 1.75 bits per heavy atom. The van der Waals surface area contributed by atoms with Crippen molar-refractivity contribution in [2.24, 2.45) is 27.2 Å². The molecular weight excluding hydrogens is 893 g/mol. The average molecular weight is 963 g/mol. The molecule has 1 aliphatic carbocycles. The van der Waals surface area contributed by atoms with Gasteiger partial charge in [0.05, 0.1) is 41.8 Å². The summed E-state index contributed by atoms with van der Waals surface area (Å²) in [4.78, 5) is 72.8. The maximum absolute atomic E-state index is 14.8. The van der Waals surface area contributed by atoms with E-state index in [1.54, 1.807) is 20.4 Å². The molecule has 2 aliphatic heterocycles. The van der Waals surface area contributed by atoms with E-state index in [0.29, 0.717) is 45.2 Å². The molecule has 5 aromatic rings. The van der Waals surface area contributed by atoms with Crippen molar-refractivity contribution >= 4 is 46.3 Å². The summed E-state index contributed by atoms with van der Waals surface area (Å²) in [5, 5.41) is 5.65. The highest BCUT2D eigenvalue weighted by Gasteiger charge is 2.42. The molecular formula is C57H70N8O6. The third kappa shape index (κ3) is 10.9. The van der Waals surface area contributed by atoms with Crippen LogP contribution in [0.2, 0.25) is 0 Å². The highest BCUT2D eigenvalue weighted by molar-refractivity contribution is 5.96. The first-order valence-electron chi connectivity index (χ1n) is 25.2.